The number of rotatable bonds is 3. The largest absolute Gasteiger partial charge is 0.398 e. The molecule has 3 aromatic rings. The first-order valence-corrected chi connectivity index (χ1v) is 7.03. The molecule has 0 fully saturated rings. The fraction of sp³-hybridized carbons (Fsp3) is 0.133. The van der Waals surface area contributed by atoms with Crippen LogP contribution in [-0.4, -0.2) is 9.78 Å². The molecule has 0 saturated carbocycles. The highest BCUT2D eigenvalue weighted by atomic mass is 32.1. The molecule has 2 aromatic heterocycles. The molecule has 0 bridgehead atoms. The predicted octanol–water partition coefficient (Wildman–Crippen LogP) is 3.55. The third kappa shape index (κ3) is 2.53. The molecule has 0 aliphatic carbocycles. The van der Waals surface area contributed by atoms with Gasteiger partial charge in [-0.25, -0.2) is 0 Å². The summed E-state index contributed by atoms with van der Waals surface area (Å²) in [6, 6.07) is 12.3. The summed E-state index contributed by atoms with van der Waals surface area (Å²) in [5.41, 5.74) is 10.1. The number of thiophene rings is 1. The van der Waals surface area contributed by atoms with Crippen molar-refractivity contribution in [3.8, 4) is 10.4 Å². The summed E-state index contributed by atoms with van der Waals surface area (Å²) in [4.78, 5) is 1.18. The summed E-state index contributed by atoms with van der Waals surface area (Å²) in [5.74, 6) is 0. The number of hydrogen-bond acceptors (Lipinski definition) is 3. The van der Waals surface area contributed by atoms with Crippen molar-refractivity contribution in [2.24, 2.45) is 0 Å². The molecular formula is C15H15N3S. The van der Waals surface area contributed by atoms with E-state index in [4.69, 9.17) is 5.73 Å². The van der Waals surface area contributed by atoms with E-state index in [1.54, 1.807) is 11.3 Å². The second-order valence-electron chi connectivity index (χ2n) is 4.56. The summed E-state index contributed by atoms with van der Waals surface area (Å²) in [6.45, 7) is 2.83. The van der Waals surface area contributed by atoms with Gasteiger partial charge in [0, 0.05) is 27.7 Å². The number of benzene rings is 1. The van der Waals surface area contributed by atoms with Gasteiger partial charge in [-0.15, -0.1) is 11.3 Å². The SMILES string of the molecule is Cc1nn(Cc2ccccc2)cc1-c1cc(N)cs1. The van der Waals surface area contributed by atoms with E-state index in [-0.39, 0.29) is 0 Å². The summed E-state index contributed by atoms with van der Waals surface area (Å²) >= 11 is 1.66. The minimum atomic E-state index is 0.794. The van der Waals surface area contributed by atoms with Crippen molar-refractivity contribution in [2.75, 3.05) is 5.73 Å². The number of aryl methyl sites for hydroxylation is 1. The Labute approximate surface area is 116 Å². The molecule has 0 radical (unpaired) electrons. The molecule has 0 saturated heterocycles. The second-order valence-corrected chi connectivity index (χ2v) is 5.47. The summed E-state index contributed by atoms with van der Waals surface area (Å²) in [6.07, 6.45) is 2.09. The summed E-state index contributed by atoms with van der Waals surface area (Å²) in [7, 11) is 0. The quantitative estimate of drug-likeness (QED) is 0.790. The molecule has 96 valence electrons. The van der Waals surface area contributed by atoms with Crippen molar-refractivity contribution >= 4 is 17.0 Å². The molecule has 2 heterocycles. The molecule has 0 aliphatic heterocycles. The Morgan fingerprint density at radius 2 is 2.05 bits per heavy atom. The molecule has 19 heavy (non-hydrogen) atoms. The first-order chi connectivity index (χ1) is 9.22. The first-order valence-electron chi connectivity index (χ1n) is 6.15. The monoisotopic (exact) mass is 269 g/mol. The van der Waals surface area contributed by atoms with Gasteiger partial charge in [0.2, 0.25) is 0 Å². The Hall–Kier alpha value is -2.07. The Morgan fingerprint density at radius 1 is 1.26 bits per heavy atom. The van der Waals surface area contributed by atoms with Gasteiger partial charge in [0.25, 0.3) is 0 Å². The van der Waals surface area contributed by atoms with Gasteiger partial charge in [0.15, 0.2) is 0 Å². The van der Waals surface area contributed by atoms with E-state index in [1.807, 2.05) is 41.3 Å². The molecular weight excluding hydrogens is 254 g/mol. The third-order valence-electron chi connectivity index (χ3n) is 3.02. The van der Waals surface area contributed by atoms with Gasteiger partial charge in [-0.1, -0.05) is 30.3 Å². The first kappa shape index (κ1) is 12.0. The van der Waals surface area contributed by atoms with E-state index in [9.17, 15) is 0 Å². The van der Waals surface area contributed by atoms with Crippen LogP contribution in [0.1, 0.15) is 11.3 Å². The number of nitrogen functional groups attached to an aromatic ring is 1. The smallest absolute Gasteiger partial charge is 0.0680 e. The van der Waals surface area contributed by atoms with Gasteiger partial charge in [-0.3, -0.25) is 4.68 Å². The van der Waals surface area contributed by atoms with E-state index >= 15 is 0 Å². The Bertz CT molecular complexity index is 682. The summed E-state index contributed by atoms with van der Waals surface area (Å²) < 4.78 is 1.98. The van der Waals surface area contributed by atoms with E-state index in [0.29, 0.717) is 0 Å². The lowest BCUT2D eigenvalue weighted by Crippen LogP contribution is -1.99. The Kier molecular flexibility index (Phi) is 3.09. The zero-order valence-corrected chi connectivity index (χ0v) is 11.5. The van der Waals surface area contributed by atoms with Gasteiger partial charge >= 0.3 is 0 Å². The number of nitrogens with two attached hydrogens (primary N) is 1. The maximum absolute atomic E-state index is 5.78. The van der Waals surface area contributed by atoms with Crippen molar-refractivity contribution in [3.05, 3.63) is 59.2 Å². The third-order valence-corrected chi connectivity index (χ3v) is 4.00. The van der Waals surface area contributed by atoms with Gasteiger partial charge in [-0.05, 0) is 18.6 Å². The second kappa shape index (κ2) is 4.90. The van der Waals surface area contributed by atoms with Crippen LogP contribution in [0.25, 0.3) is 10.4 Å². The Morgan fingerprint density at radius 3 is 2.74 bits per heavy atom. The van der Waals surface area contributed by atoms with Crippen molar-refractivity contribution in [2.45, 2.75) is 13.5 Å². The molecule has 0 atom stereocenters. The molecule has 0 aliphatic rings. The van der Waals surface area contributed by atoms with Crippen LogP contribution in [0.15, 0.2) is 48.0 Å². The predicted molar refractivity (Wildman–Crippen MR) is 80.2 cm³/mol. The van der Waals surface area contributed by atoms with Crippen molar-refractivity contribution in [1.29, 1.82) is 0 Å². The van der Waals surface area contributed by atoms with E-state index in [2.05, 4.69) is 23.4 Å². The minimum absolute atomic E-state index is 0.794. The van der Waals surface area contributed by atoms with Crippen LogP contribution in [0.2, 0.25) is 0 Å². The zero-order valence-electron chi connectivity index (χ0n) is 10.7. The van der Waals surface area contributed by atoms with Crippen LogP contribution >= 0.6 is 11.3 Å². The fourth-order valence-electron chi connectivity index (χ4n) is 2.10. The van der Waals surface area contributed by atoms with Crippen molar-refractivity contribution in [1.82, 2.24) is 9.78 Å². The van der Waals surface area contributed by atoms with E-state index in [1.165, 1.54) is 10.4 Å². The lowest BCUT2D eigenvalue weighted by Gasteiger charge is -2.00. The lowest BCUT2D eigenvalue weighted by atomic mass is 10.2. The lowest BCUT2D eigenvalue weighted by molar-refractivity contribution is 0.679. The van der Waals surface area contributed by atoms with Crippen molar-refractivity contribution in [3.63, 3.8) is 0 Å². The van der Waals surface area contributed by atoms with Gasteiger partial charge in [0.1, 0.15) is 0 Å². The van der Waals surface area contributed by atoms with Gasteiger partial charge in [-0.2, -0.15) is 5.10 Å². The van der Waals surface area contributed by atoms with Crippen LogP contribution in [-0.2, 0) is 6.54 Å². The van der Waals surface area contributed by atoms with Crippen LogP contribution in [0.4, 0.5) is 5.69 Å². The maximum Gasteiger partial charge on any atom is 0.0680 e. The number of hydrogen-bond donors (Lipinski definition) is 1. The number of aromatic nitrogens is 2. The number of anilines is 1. The van der Waals surface area contributed by atoms with E-state index in [0.717, 1.165) is 23.5 Å². The standard InChI is InChI=1S/C15H15N3S/c1-11-14(15-7-13(16)10-19-15)9-18(17-11)8-12-5-3-2-4-6-12/h2-7,9-10H,8,16H2,1H3. The average molecular weight is 269 g/mol. The minimum Gasteiger partial charge on any atom is -0.398 e. The molecule has 3 nitrogen and oxygen atoms in total. The molecule has 2 N–H and O–H groups in total. The molecule has 3 rings (SSSR count). The maximum atomic E-state index is 5.78. The average Bonchev–Trinajstić information content (AvgIpc) is 2.97. The van der Waals surface area contributed by atoms with Crippen LogP contribution < -0.4 is 5.73 Å². The highest BCUT2D eigenvalue weighted by Crippen LogP contribution is 2.30. The molecule has 0 spiro atoms. The molecule has 0 unspecified atom stereocenters. The van der Waals surface area contributed by atoms with E-state index < -0.39 is 0 Å². The van der Waals surface area contributed by atoms with Gasteiger partial charge < -0.3 is 5.73 Å². The Balaban J connectivity index is 1.89. The zero-order chi connectivity index (χ0) is 13.2. The highest BCUT2D eigenvalue weighted by Gasteiger charge is 2.09. The van der Waals surface area contributed by atoms with Crippen LogP contribution in [0.5, 0.6) is 0 Å². The van der Waals surface area contributed by atoms with Crippen LogP contribution in [0.3, 0.4) is 0 Å². The molecule has 0 amide bonds. The highest BCUT2D eigenvalue weighted by molar-refractivity contribution is 7.14. The normalized spacial score (nSPS) is 10.8. The topological polar surface area (TPSA) is 43.8 Å². The molecule has 1 aromatic carbocycles. The number of nitrogens with zero attached hydrogens (tertiary/aromatic N) is 2. The van der Waals surface area contributed by atoms with Crippen molar-refractivity contribution < 1.29 is 0 Å². The fourth-order valence-corrected chi connectivity index (χ4v) is 2.97. The van der Waals surface area contributed by atoms with Gasteiger partial charge in [0.05, 0.1) is 12.2 Å². The molecule has 4 heteroatoms. The summed E-state index contributed by atoms with van der Waals surface area (Å²) in [5, 5.41) is 6.54. The van der Waals surface area contributed by atoms with Crippen LogP contribution in [0, 0.1) is 6.92 Å².